The molecule has 2 aromatic rings. The van der Waals surface area contributed by atoms with E-state index >= 15 is 0 Å². The Hall–Kier alpha value is -2.00. The first-order valence-electron chi connectivity index (χ1n) is 6.97. The summed E-state index contributed by atoms with van der Waals surface area (Å²) in [6.45, 7) is 1.37. The van der Waals surface area contributed by atoms with E-state index in [9.17, 15) is 0 Å². The molecule has 1 aliphatic rings. The van der Waals surface area contributed by atoms with Crippen molar-refractivity contribution in [2.24, 2.45) is 0 Å². The molecule has 2 aromatic carbocycles. The lowest BCUT2D eigenvalue weighted by Gasteiger charge is -2.09. The predicted octanol–water partition coefficient (Wildman–Crippen LogP) is 2.96. The summed E-state index contributed by atoms with van der Waals surface area (Å²) >= 11 is 0. The fraction of sp³-hybridized carbons (Fsp3) is 0.294. The molecule has 1 heterocycles. The van der Waals surface area contributed by atoms with Crippen molar-refractivity contribution in [2.75, 3.05) is 20.3 Å². The molecule has 0 radical (unpaired) electrons. The molecule has 3 rings (SSSR count). The van der Waals surface area contributed by atoms with Crippen molar-refractivity contribution in [1.29, 1.82) is 0 Å². The van der Waals surface area contributed by atoms with E-state index in [2.05, 4.69) is 35.6 Å². The topological polar surface area (TPSA) is 30.5 Å². The summed E-state index contributed by atoms with van der Waals surface area (Å²) in [6.07, 6.45) is 0.915. The minimum atomic E-state index is 0.295. The lowest BCUT2D eigenvalue weighted by atomic mass is 10.1. The largest absolute Gasteiger partial charge is 0.493 e. The van der Waals surface area contributed by atoms with Gasteiger partial charge < -0.3 is 14.8 Å². The Bertz CT molecular complexity index is 568. The molecule has 3 nitrogen and oxygen atoms in total. The molecule has 20 heavy (non-hydrogen) atoms. The average molecular weight is 269 g/mol. The standard InChI is InChI=1S/C17H19NO2/c1-18-16-12-20-17-11-14(7-8-15(16)17)19-10-9-13-5-3-2-4-6-13/h2-8,11,16,18H,9-10,12H2,1H3. The van der Waals surface area contributed by atoms with Crippen LogP contribution in [0.5, 0.6) is 11.5 Å². The summed E-state index contributed by atoms with van der Waals surface area (Å²) in [6, 6.07) is 16.7. The van der Waals surface area contributed by atoms with E-state index in [1.807, 2.05) is 25.2 Å². The minimum absolute atomic E-state index is 0.295. The predicted molar refractivity (Wildman–Crippen MR) is 79.4 cm³/mol. The number of fused-ring (bicyclic) bond motifs is 1. The first kappa shape index (κ1) is 13.0. The number of hydrogen-bond donors (Lipinski definition) is 1. The van der Waals surface area contributed by atoms with Crippen LogP contribution in [0, 0.1) is 0 Å². The summed E-state index contributed by atoms with van der Waals surface area (Å²) in [5.41, 5.74) is 2.50. The Labute approximate surface area is 119 Å². The third kappa shape index (κ3) is 2.78. The summed E-state index contributed by atoms with van der Waals surface area (Å²) in [5.74, 6) is 1.80. The van der Waals surface area contributed by atoms with Crippen LogP contribution in [-0.4, -0.2) is 20.3 Å². The van der Waals surface area contributed by atoms with E-state index in [4.69, 9.17) is 9.47 Å². The van der Waals surface area contributed by atoms with Gasteiger partial charge in [-0.1, -0.05) is 30.3 Å². The molecular weight excluding hydrogens is 250 g/mol. The molecule has 0 fully saturated rings. The lowest BCUT2D eigenvalue weighted by Crippen LogP contribution is -2.17. The van der Waals surface area contributed by atoms with E-state index in [0.717, 1.165) is 17.9 Å². The molecular formula is C17H19NO2. The number of rotatable bonds is 5. The molecule has 0 bridgehead atoms. The molecule has 3 heteroatoms. The van der Waals surface area contributed by atoms with Crippen LogP contribution < -0.4 is 14.8 Å². The van der Waals surface area contributed by atoms with Crippen LogP contribution in [0.25, 0.3) is 0 Å². The molecule has 0 amide bonds. The van der Waals surface area contributed by atoms with Gasteiger partial charge in [-0.2, -0.15) is 0 Å². The second kappa shape index (κ2) is 5.97. The van der Waals surface area contributed by atoms with Crippen LogP contribution in [0.3, 0.4) is 0 Å². The van der Waals surface area contributed by atoms with Crippen molar-refractivity contribution < 1.29 is 9.47 Å². The van der Waals surface area contributed by atoms with Gasteiger partial charge in [-0.3, -0.25) is 0 Å². The molecule has 0 aromatic heterocycles. The third-order valence-electron chi connectivity index (χ3n) is 3.62. The van der Waals surface area contributed by atoms with Gasteiger partial charge in [0.1, 0.15) is 18.1 Å². The average Bonchev–Trinajstić information content (AvgIpc) is 2.90. The van der Waals surface area contributed by atoms with Crippen LogP contribution >= 0.6 is 0 Å². The zero-order valence-electron chi connectivity index (χ0n) is 11.6. The number of hydrogen-bond acceptors (Lipinski definition) is 3. The highest BCUT2D eigenvalue weighted by Gasteiger charge is 2.22. The van der Waals surface area contributed by atoms with Crippen LogP contribution in [0.4, 0.5) is 0 Å². The smallest absolute Gasteiger partial charge is 0.127 e. The van der Waals surface area contributed by atoms with Gasteiger partial charge in [0.15, 0.2) is 0 Å². The maximum Gasteiger partial charge on any atom is 0.127 e. The van der Waals surface area contributed by atoms with Crippen molar-refractivity contribution in [3.63, 3.8) is 0 Å². The van der Waals surface area contributed by atoms with E-state index < -0.39 is 0 Å². The quantitative estimate of drug-likeness (QED) is 0.905. The lowest BCUT2D eigenvalue weighted by molar-refractivity contribution is 0.308. The number of ether oxygens (including phenoxy) is 2. The van der Waals surface area contributed by atoms with Gasteiger partial charge in [0.25, 0.3) is 0 Å². The van der Waals surface area contributed by atoms with Crippen molar-refractivity contribution in [2.45, 2.75) is 12.5 Å². The van der Waals surface area contributed by atoms with Crippen LogP contribution in [0.2, 0.25) is 0 Å². The van der Waals surface area contributed by atoms with E-state index in [1.54, 1.807) is 0 Å². The van der Waals surface area contributed by atoms with Gasteiger partial charge in [0.2, 0.25) is 0 Å². The monoisotopic (exact) mass is 269 g/mol. The highest BCUT2D eigenvalue weighted by Crippen LogP contribution is 2.34. The Balaban J connectivity index is 1.59. The molecule has 1 aliphatic heterocycles. The zero-order chi connectivity index (χ0) is 13.8. The summed E-state index contributed by atoms with van der Waals surface area (Å²) in [4.78, 5) is 0. The minimum Gasteiger partial charge on any atom is -0.493 e. The summed E-state index contributed by atoms with van der Waals surface area (Å²) in [7, 11) is 1.95. The van der Waals surface area contributed by atoms with Gasteiger partial charge in [0.05, 0.1) is 12.6 Å². The second-order valence-corrected chi connectivity index (χ2v) is 4.94. The summed E-state index contributed by atoms with van der Waals surface area (Å²) in [5, 5.41) is 3.24. The highest BCUT2D eigenvalue weighted by atomic mass is 16.5. The van der Waals surface area contributed by atoms with Gasteiger partial charge >= 0.3 is 0 Å². The van der Waals surface area contributed by atoms with Gasteiger partial charge in [-0.25, -0.2) is 0 Å². The first-order chi connectivity index (χ1) is 9.86. The van der Waals surface area contributed by atoms with E-state index in [1.165, 1.54) is 11.1 Å². The molecule has 0 saturated carbocycles. The van der Waals surface area contributed by atoms with Crippen LogP contribution in [0.15, 0.2) is 48.5 Å². The Morgan fingerprint density at radius 1 is 1.20 bits per heavy atom. The maximum absolute atomic E-state index is 5.80. The van der Waals surface area contributed by atoms with Gasteiger partial charge in [-0.05, 0) is 24.7 Å². The normalized spacial score (nSPS) is 16.6. The Morgan fingerprint density at radius 2 is 2.05 bits per heavy atom. The molecule has 1 unspecified atom stereocenters. The first-order valence-corrected chi connectivity index (χ1v) is 6.97. The molecule has 0 saturated heterocycles. The number of benzene rings is 2. The SMILES string of the molecule is CNC1COc2cc(OCCc3ccccc3)ccc21. The molecule has 0 spiro atoms. The fourth-order valence-corrected chi connectivity index (χ4v) is 2.45. The van der Waals surface area contributed by atoms with Crippen molar-refractivity contribution in [3.05, 3.63) is 59.7 Å². The molecule has 104 valence electrons. The molecule has 1 N–H and O–H groups in total. The summed E-state index contributed by atoms with van der Waals surface area (Å²) < 4.78 is 11.5. The number of likely N-dealkylation sites (N-methyl/N-ethyl adjacent to an activating group) is 1. The van der Waals surface area contributed by atoms with Gasteiger partial charge in [-0.15, -0.1) is 0 Å². The highest BCUT2D eigenvalue weighted by molar-refractivity contribution is 5.45. The third-order valence-corrected chi connectivity index (χ3v) is 3.62. The van der Waals surface area contributed by atoms with Crippen molar-refractivity contribution >= 4 is 0 Å². The Kier molecular flexibility index (Phi) is 3.88. The van der Waals surface area contributed by atoms with Crippen molar-refractivity contribution in [3.8, 4) is 11.5 Å². The Morgan fingerprint density at radius 3 is 2.85 bits per heavy atom. The zero-order valence-corrected chi connectivity index (χ0v) is 11.6. The van der Waals surface area contributed by atoms with E-state index in [0.29, 0.717) is 19.3 Å². The molecule has 1 atom stereocenters. The van der Waals surface area contributed by atoms with Crippen LogP contribution in [-0.2, 0) is 6.42 Å². The van der Waals surface area contributed by atoms with Crippen molar-refractivity contribution in [1.82, 2.24) is 5.32 Å². The van der Waals surface area contributed by atoms with Gasteiger partial charge in [0, 0.05) is 18.1 Å². The fourth-order valence-electron chi connectivity index (χ4n) is 2.45. The van der Waals surface area contributed by atoms with Crippen LogP contribution in [0.1, 0.15) is 17.2 Å². The molecule has 0 aliphatic carbocycles. The maximum atomic E-state index is 5.80. The second-order valence-electron chi connectivity index (χ2n) is 4.94. The van der Waals surface area contributed by atoms with E-state index in [-0.39, 0.29) is 0 Å². The number of nitrogens with one attached hydrogen (secondary N) is 1.